The van der Waals surface area contributed by atoms with Crippen molar-refractivity contribution in [2.45, 2.75) is 18.9 Å². The molecule has 3 aromatic rings. The highest BCUT2D eigenvalue weighted by atomic mass is 19.1. The largest absolute Gasteiger partial charge is 0.493 e. The van der Waals surface area contributed by atoms with Gasteiger partial charge in [-0.15, -0.1) is 0 Å². The van der Waals surface area contributed by atoms with Crippen LogP contribution >= 0.6 is 0 Å². The van der Waals surface area contributed by atoms with Crippen molar-refractivity contribution < 1.29 is 19.0 Å². The number of hydrogen-bond acceptors (Lipinski definition) is 7. The van der Waals surface area contributed by atoms with Gasteiger partial charge < -0.3 is 14.7 Å². The Bertz CT molecular complexity index is 990. The maximum atomic E-state index is 13.6. The summed E-state index contributed by atoms with van der Waals surface area (Å²) in [6.07, 6.45) is 5.67. The number of anilines is 1. The number of halogens is 1. The van der Waals surface area contributed by atoms with Crippen LogP contribution < -0.4 is 4.90 Å². The third kappa shape index (κ3) is 2.61. The van der Waals surface area contributed by atoms with Gasteiger partial charge in [0, 0.05) is 18.3 Å². The standard InChI is InChI=1S/C17H16FN5O3/c1-26-17(25)12-9-20-23-6-4-14(21-15(12)23)22-5-2-3-13(22)11-7-10(18)8-19-16(11)24/h4,6-9,13H,2-3,5H2,1H3,(H,19,24). The average Bonchev–Trinajstić information content (AvgIpc) is 3.29. The molecule has 4 rings (SSSR count). The van der Waals surface area contributed by atoms with Crippen LogP contribution in [-0.2, 0) is 4.74 Å². The van der Waals surface area contributed by atoms with E-state index in [0.717, 1.165) is 19.0 Å². The van der Waals surface area contributed by atoms with Gasteiger partial charge in [-0.05, 0) is 25.0 Å². The van der Waals surface area contributed by atoms with Crippen LogP contribution in [0.25, 0.3) is 5.65 Å². The Morgan fingerprint density at radius 2 is 2.27 bits per heavy atom. The van der Waals surface area contributed by atoms with Gasteiger partial charge in [0.15, 0.2) is 5.65 Å². The van der Waals surface area contributed by atoms with Crippen molar-refractivity contribution >= 4 is 17.4 Å². The summed E-state index contributed by atoms with van der Waals surface area (Å²) in [5.74, 6) is -0.607. The van der Waals surface area contributed by atoms with E-state index in [2.05, 4.69) is 15.1 Å². The summed E-state index contributed by atoms with van der Waals surface area (Å²) in [7, 11) is 1.30. The molecular formula is C17H16FN5O3. The van der Waals surface area contributed by atoms with Gasteiger partial charge in [-0.1, -0.05) is 0 Å². The van der Waals surface area contributed by atoms with Crippen LogP contribution in [0.2, 0.25) is 0 Å². The van der Waals surface area contributed by atoms with Crippen molar-refractivity contribution in [1.29, 1.82) is 0 Å². The number of carbonyl (C=O) groups excluding carboxylic acids is 1. The summed E-state index contributed by atoms with van der Waals surface area (Å²) >= 11 is 0. The Morgan fingerprint density at radius 3 is 3.08 bits per heavy atom. The molecule has 0 aliphatic carbocycles. The van der Waals surface area contributed by atoms with Crippen molar-refractivity contribution in [2.24, 2.45) is 0 Å². The summed E-state index contributed by atoms with van der Waals surface area (Å²) in [5.41, 5.74) is 1.06. The van der Waals surface area contributed by atoms with Crippen LogP contribution in [0, 0.1) is 5.82 Å². The number of ether oxygens (including phenoxy) is 1. The summed E-state index contributed by atoms with van der Waals surface area (Å²) in [6, 6.07) is 2.81. The quantitative estimate of drug-likeness (QED) is 0.718. The lowest BCUT2D eigenvalue weighted by molar-refractivity contribution is 0.0602. The molecular weight excluding hydrogens is 341 g/mol. The van der Waals surface area contributed by atoms with Gasteiger partial charge in [-0.25, -0.2) is 23.7 Å². The van der Waals surface area contributed by atoms with Crippen LogP contribution in [-0.4, -0.2) is 44.3 Å². The fraction of sp³-hybridized carbons (Fsp3) is 0.294. The van der Waals surface area contributed by atoms with E-state index in [4.69, 9.17) is 4.74 Å². The summed E-state index contributed by atoms with van der Waals surface area (Å²) < 4.78 is 19.9. The maximum absolute atomic E-state index is 13.6. The van der Waals surface area contributed by atoms with E-state index in [9.17, 15) is 14.3 Å². The molecule has 0 radical (unpaired) electrons. The highest BCUT2D eigenvalue weighted by Gasteiger charge is 2.30. The molecule has 0 saturated carbocycles. The molecule has 1 unspecified atom stereocenters. The van der Waals surface area contributed by atoms with Crippen molar-refractivity contribution in [3.63, 3.8) is 0 Å². The normalized spacial score (nSPS) is 17.0. The van der Waals surface area contributed by atoms with Crippen LogP contribution in [0.4, 0.5) is 10.2 Å². The van der Waals surface area contributed by atoms with Gasteiger partial charge in [0.05, 0.1) is 25.5 Å². The lowest BCUT2D eigenvalue weighted by atomic mass is 10.1. The monoisotopic (exact) mass is 357 g/mol. The first-order chi connectivity index (χ1) is 12.6. The molecule has 1 atom stereocenters. The Hall–Kier alpha value is -3.23. The summed E-state index contributed by atoms with van der Waals surface area (Å²) in [6.45, 7) is 0.686. The number of nitrogens with zero attached hydrogens (tertiary/aromatic N) is 5. The number of carbonyl (C=O) groups is 1. The van der Waals surface area contributed by atoms with Gasteiger partial charge in [0.25, 0.3) is 0 Å². The van der Waals surface area contributed by atoms with Gasteiger partial charge >= 0.3 is 5.97 Å². The predicted molar refractivity (Wildman–Crippen MR) is 89.5 cm³/mol. The molecule has 26 heavy (non-hydrogen) atoms. The SMILES string of the molecule is COC(=O)c1cnn2ccc(N3CCCC3c3cc(F)cnc3O)nc12. The predicted octanol–water partition coefficient (Wildman–Crippen LogP) is 2.10. The van der Waals surface area contributed by atoms with Gasteiger partial charge in [-0.3, -0.25) is 0 Å². The van der Waals surface area contributed by atoms with Crippen molar-refractivity contribution in [1.82, 2.24) is 19.6 Å². The van der Waals surface area contributed by atoms with Crippen molar-refractivity contribution in [3.8, 4) is 5.88 Å². The van der Waals surface area contributed by atoms with Crippen LogP contribution in [0.5, 0.6) is 5.88 Å². The van der Waals surface area contributed by atoms with Crippen LogP contribution in [0.1, 0.15) is 34.8 Å². The lowest BCUT2D eigenvalue weighted by Crippen LogP contribution is -2.24. The number of aromatic hydroxyl groups is 1. The highest BCUT2D eigenvalue weighted by Crippen LogP contribution is 2.38. The second-order valence-electron chi connectivity index (χ2n) is 6.02. The van der Waals surface area contributed by atoms with Gasteiger partial charge in [0.2, 0.25) is 5.88 Å². The molecule has 1 aliphatic heterocycles. The molecule has 0 bridgehead atoms. The van der Waals surface area contributed by atoms with E-state index in [1.165, 1.54) is 23.9 Å². The van der Waals surface area contributed by atoms with E-state index >= 15 is 0 Å². The number of hydrogen-bond donors (Lipinski definition) is 1. The molecule has 1 aliphatic rings. The third-order valence-corrected chi connectivity index (χ3v) is 4.53. The lowest BCUT2D eigenvalue weighted by Gasteiger charge is -2.26. The molecule has 1 N–H and O–H groups in total. The Labute approximate surface area is 147 Å². The van der Waals surface area contributed by atoms with Crippen molar-refractivity contribution in [2.75, 3.05) is 18.6 Å². The van der Waals surface area contributed by atoms with E-state index in [1.54, 1.807) is 12.3 Å². The fourth-order valence-corrected chi connectivity index (χ4v) is 3.33. The zero-order valence-corrected chi connectivity index (χ0v) is 14.0. The van der Waals surface area contributed by atoms with Crippen molar-refractivity contribution in [3.05, 3.63) is 47.7 Å². The molecule has 8 nitrogen and oxygen atoms in total. The molecule has 9 heteroatoms. The minimum atomic E-state index is -0.519. The zero-order chi connectivity index (χ0) is 18.3. The zero-order valence-electron chi connectivity index (χ0n) is 14.0. The first-order valence-corrected chi connectivity index (χ1v) is 8.12. The number of rotatable bonds is 3. The topological polar surface area (TPSA) is 92.8 Å². The molecule has 0 aromatic carbocycles. The summed E-state index contributed by atoms with van der Waals surface area (Å²) in [5, 5.41) is 14.1. The maximum Gasteiger partial charge on any atom is 0.343 e. The Balaban J connectivity index is 1.76. The first kappa shape index (κ1) is 16.2. The smallest absolute Gasteiger partial charge is 0.343 e. The van der Waals surface area contributed by atoms with Crippen LogP contribution in [0.15, 0.2) is 30.7 Å². The van der Waals surface area contributed by atoms with E-state index < -0.39 is 11.8 Å². The third-order valence-electron chi connectivity index (χ3n) is 4.53. The van der Waals surface area contributed by atoms with Gasteiger partial charge in [-0.2, -0.15) is 5.10 Å². The van der Waals surface area contributed by atoms with Gasteiger partial charge in [0.1, 0.15) is 17.2 Å². The Kier molecular flexibility index (Phi) is 3.90. The molecule has 134 valence electrons. The molecule has 1 fully saturated rings. The summed E-state index contributed by atoms with van der Waals surface area (Å²) in [4.78, 5) is 22.1. The fourth-order valence-electron chi connectivity index (χ4n) is 3.33. The second-order valence-corrected chi connectivity index (χ2v) is 6.02. The van der Waals surface area contributed by atoms with Crippen LogP contribution in [0.3, 0.4) is 0 Å². The molecule has 0 spiro atoms. The van der Waals surface area contributed by atoms with E-state index in [1.807, 2.05) is 4.90 Å². The number of esters is 1. The second kappa shape index (κ2) is 6.25. The number of fused-ring (bicyclic) bond motifs is 1. The number of aromatic nitrogens is 4. The molecule has 0 amide bonds. The molecule has 3 aromatic heterocycles. The first-order valence-electron chi connectivity index (χ1n) is 8.12. The minimum Gasteiger partial charge on any atom is -0.493 e. The number of methoxy groups -OCH3 is 1. The van der Waals surface area contributed by atoms with E-state index in [-0.39, 0.29) is 17.5 Å². The molecule has 4 heterocycles. The Morgan fingerprint density at radius 1 is 1.42 bits per heavy atom. The highest BCUT2D eigenvalue weighted by molar-refractivity contribution is 5.95. The minimum absolute atomic E-state index is 0.191. The van der Waals surface area contributed by atoms with E-state index in [0.29, 0.717) is 23.6 Å². The average molecular weight is 357 g/mol. The molecule has 1 saturated heterocycles. The number of pyridine rings is 1.